The van der Waals surface area contributed by atoms with Gasteiger partial charge < -0.3 is 10.6 Å². The van der Waals surface area contributed by atoms with Crippen LogP contribution < -0.4 is 10.6 Å². The topological polar surface area (TPSA) is 24.1 Å². The molecule has 1 atom stereocenters. The van der Waals surface area contributed by atoms with Crippen LogP contribution in [0.25, 0.3) is 0 Å². The molecule has 0 aliphatic carbocycles. The number of aryl methyl sites for hydroxylation is 1. The van der Waals surface area contributed by atoms with Crippen LogP contribution in [0.3, 0.4) is 0 Å². The summed E-state index contributed by atoms with van der Waals surface area (Å²) in [5.41, 5.74) is 2.10. The zero-order chi connectivity index (χ0) is 15.0. The zero-order valence-corrected chi connectivity index (χ0v) is 14.2. The second-order valence-corrected chi connectivity index (χ2v) is 6.06. The first-order valence-electron chi connectivity index (χ1n) is 7.37. The second-order valence-electron chi connectivity index (χ2n) is 5.21. The molecule has 0 fully saturated rings. The monoisotopic (exact) mass is 312 g/mol. The van der Waals surface area contributed by atoms with E-state index in [0.29, 0.717) is 11.0 Å². The maximum atomic E-state index is 6.00. The van der Waals surface area contributed by atoms with Gasteiger partial charge in [0, 0.05) is 17.3 Å². The fraction of sp³-hybridized carbons (Fsp3) is 0.562. The van der Waals surface area contributed by atoms with E-state index in [1.165, 1.54) is 25.7 Å². The number of nitrogens with one attached hydrogen (secondary N) is 2. The van der Waals surface area contributed by atoms with Gasteiger partial charge in [-0.25, -0.2) is 0 Å². The van der Waals surface area contributed by atoms with Gasteiger partial charge in [0.05, 0.1) is 0 Å². The lowest BCUT2D eigenvalue weighted by Gasteiger charge is -2.18. The van der Waals surface area contributed by atoms with Crippen molar-refractivity contribution in [1.82, 2.24) is 5.32 Å². The van der Waals surface area contributed by atoms with Gasteiger partial charge >= 0.3 is 0 Å². The number of halogens is 1. The van der Waals surface area contributed by atoms with Crippen LogP contribution in [-0.4, -0.2) is 11.7 Å². The van der Waals surface area contributed by atoms with E-state index in [9.17, 15) is 0 Å². The summed E-state index contributed by atoms with van der Waals surface area (Å²) in [6.07, 6.45) is 4.99. The molecule has 1 unspecified atom stereocenters. The largest absolute Gasteiger partial charge is 0.362 e. The van der Waals surface area contributed by atoms with Crippen LogP contribution in [0.5, 0.6) is 0 Å². The van der Waals surface area contributed by atoms with E-state index in [0.717, 1.165) is 22.8 Å². The number of rotatable bonds is 7. The molecule has 20 heavy (non-hydrogen) atoms. The minimum Gasteiger partial charge on any atom is -0.362 e. The third-order valence-electron chi connectivity index (χ3n) is 3.54. The van der Waals surface area contributed by atoms with Crippen LogP contribution in [0, 0.1) is 12.8 Å². The van der Waals surface area contributed by atoms with E-state index in [4.69, 9.17) is 23.8 Å². The Morgan fingerprint density at radius 1 is 1.35 bits per heavy atom. The molecule has 0 aliphatic rings. The Labute approximate surface area is 133 Å². The molecule has 1 aromatic rings. The Kier molecular flexibility index (Phi) is 7.93. The average molecular weight is 313 g/mol. The molecule has 1 rings (SSSR count). The van der Waals surface area contributed by atoms with Crippen LogP contribution in [0.15, 0.2) is 18.2 Å². The molecule has 0 aliphatic heterocycles. The van der Waals surface area contributed by atoms with E-state index >= 15 is 0 Å². The third-order valence-corrected chi connectivity index (χ3v) is 4.02. The summed E-state index contributed by atoms with van der Waals surface area (Å²) in [4.78, 5) is 0. The molecule has 0 spiro atoms. The van der Waals surface area contributed by atoms with Gasteiger partial charge in [0.1, 0.15) is 0 Å². The van der Waals surface area contributed by atoms with E-state index < -0.39 is 0 Å². The summed E-state index contributed by atoms with van der Waals surface area (Å²) in [6, 6.07) is 5.78. The van der Waals surface area contributed by atoms with E-state index in [1.54, 1.807) is 0 Å². The predicted octanol–water partition coefficient (Wildman–Crippen LogP) is 5.15. The van der Waals surface area contributed by atoms with Gasteiger partial charge in [0.15, 0.2) is 5.11 Å². The van der Waals surface area contributed by atoms with Crippen molar-refractivity contribution in [2.75, 3.05) is 11.9 Å². The minimum absolute atomic E-state index is 0.672. The number of anilines is 1. The van der Waals surface area contributed by atoms with Gasteiger partial charge in [-0.1, -0.05) is 50.8 Å². The molecule has 0 bridgehead atoms. The highest BCUT2D eigenvalue weighted by Crippen LogP contribution is 2.20. The summed E-state index contributed by atoms with van der Waals surface area (Å²) >= 11 is 11.4. The van der Waals surface area contributed by atoms with Crippen LogP contribution in [-0.2, 0) is 0 Å². The summed E-state index contributed by atoms with van der Waals surface area (Å²) < 4.78 is 0. The Bertz CT molecular complexity index is 434. The van der Waals surface area contributed by atoms with Crippen LogP contribution in [0.4, 0.5) is 5.69 Å². The molecule has 0 amide bonds. The summed E-state index contributed by atoms with van der Waals surface area (Å²) in [5.74, 6) is 0.690. The van der Waals surface area contributed by atoms with Crippen molar-refractivity contribution in [2.45, 2.75) is 46.5 Å². The molecule has 4 heteroatoms. The number of hydrogen-bond acceptors (Lipinski definition) is 1. The van der Waals surface area contributed by atoms with Crippen molar-refractivity contribution in [2.24, 2.45) is 5.92 Å². The first-order chi connectivity index (χ1) is 9.56. The highest BCUT2D eigenvalue weighted by atomic mass is 35.5. The summed E-state index contributed by atoms with van der Waals surface area (Å²) in [6.45, 7) is 7.44. The lowest BCUT2D eigenvalue weighted by Crippen LogP contribution is -2.33. The molecule has 0 saturated heterocycles. The molecule has 1 aromatic carbocycles. The van der Waals surface area contributed by atoms with Gasteiger partial charge in [-0.15, -0.1) is 0 Å². The van der Waals surface area contributed by atoms with Crippen molar-refractivity contribution in [3.05, 3.63) is 28.8 Å². The zero-order valence-electron chi connectivity index (χ0n) is 12.6. The lowest BCUT2D eigenvalue weighted by atomic mass is 9.99. The average Bonchev–Trinajstić information content (AvgIpc) is 2.43. The lowest BCUT2D eigenvalue weighted by molar-refractivity contribution is 0.446. The predicted molar refractivity (Wildman–Crippen MR) is 93.7 cm³/mol. The minimum atomic E-state index is 0.672. The van der Waals surface area contributed by atoms with Crippen molar-refractivity contribution in [1.29, 1.82) is 0 Å². The molecule has 2 N–H and O–H groups in total. The molecule has 0 heterocycles. The fourth-order valence-electron chi connectivity index (χ4n) is 2.08. The van der Waals surface area contributed by atoms with Gasteiger partial charge in [0.25, 0.3) is 0 Å². The normalized spacial score (nSPS) is 12.0. The van der Waals surface area contributed by atoms with Crippen LogP contribution in [0.1, 0.15) is 45.1 Å². The Morgan fingerprint density at radius 3 is 2.75 bits per heavy atom. The Morgan fingerprint density at radius 2 is 2.10 bits per heavy atom. The molecule has 2 nitrogen and oxygen atoms in total. The maximum absolute atomic E-state index is 6.00. The van der Waals surface area contributed by atoms with Gasteiger partial charge in [-0.3, -0.25) is 0 Å². The molecule has 0 saturated carbocycles. The third kappa shape index (κ3) is 6.10. The fourth-order valence-corrected chi connectivity index (χ4v) is 2.44. The Hall–Kier alpha value is -0.800. The van der Waals surface area contributed by atoms with Crippen LogP contribution >= 0.6 is 23.8 Å². The smallest absolute Gasteiger partial charge is 0.170 e. The molecule has 112 valence electrons. The van der Waals surface area contributed by atoms with Crippen molar-refractivity contribution < 1.29 is 0 Å². The van der Waals surface area contributed by atoms with Crippen LogP contribution in [0.2, 0.25) is 5.02 Å². The number of hydrogen-bond donors (Lipinski definition) is 2. The number of thiocarbonyl (C=S) groups is 1. The van der Waals surface area contributed by atoms with E-state index in [2.05, 4.69) is 24.5 Å². The quantitative estimate of drug-likeness (QED) is 0.681. The number of benzene rings is 1. The first kappa shape index (κ1) is 17.3. The van der Waals surface area contributed by atoms with Crippen molar-refractivity contribution in [3.63, 3.8) is 0 Å². The van der Waals surface area contributed by atoms with Crippen molar-refractivity contribution in [3.8, 4) is 0 Å². The molecule has 0 aromatic heterocycles. The standard InChI is InChI=1S/C16H25ClN2S/c1-4-6-7-13(5-2)11-18-16(20)19-15-10-14(17)9-8-12(15)3/h8-10,13H,4-7,11H2,1-3H3,(H2,18,19,20). The number of unbranched alkanes of at least 4 members (excludes halogenated alkanes) is 1. The van der Waals surface area contributed by atoms with Crippen molar-refractivity contribution >= 4 is 34.6 Å². The van der Waals surface area contributed by atoms with Gasteiger partial charge in [-0.05, 0) is 49.2 Å². The maximum Gasteiger partial charge on any atom is 0.170 e. The highest BCUT2D eigenvalue weighted by molar-refractivity contribution is 7.80. The van der Waals surface area contributed by atoms with E-state index in [-0.39, 0.29) is 0 Å². The summed E-state index contributed by atoms with van der Waals surface area (Å²) in [5, 5.41) is 7.93. The molecule has 0 radical (unpaired) electrons. The molecular formula is C16H25ClN2S. The van der Waals surface area contributed by atoms with Gasteiger partial charge in [0.2, 0.25) is 0 Å². The van der Waals surface area contributed by atoms with Gasteiger partial charge in [-0.2, -0.15) is 0 Å². The summed E-state index contributed by atoms with van der Waals surface area (Å²) in [7, 11) is 0. The Balaban J connectivity index is 2.45. The molecular weight excluding hydrogens is 288 g/mol. The second kappa shape index (κ2) is 9.19. The highest BCUT2D eigenvalue weighted by Gasteiger charge is 2.07. The van der Waals surface area contributed by atoms with E-state index in [1.807, 2.05) is 25.1 Å². The first-order valence-corrected chi connectivity index (χ1v) is 8.16. The SMILES string of the molecule is CCCCC(CC)CNC(=S)Nc1cc(Cl)ccc1C.